The number of aromatic nitrogens is 2. The number of ether oxygens (including phenoxy) is 1. The quantitative estimate of drug-likeness (QED) is 0.295. The van der Waals surface area contributed by atoms with E-state index in [4.69, 9.17) is 4.74 Å². The number of rotatable bonds is 10. The molecule has 0 radical (unpaired) electrons. The molecular weight excluding hydrogens is 456 g/mol. The molecule has 4 aromatic rings. The maximum atomic E-state index is 12.3. The van der Waals surface area contributed by atoms with Crippen molar-refractivity contribution in [3.63, 3.8) is 0 Å². The number of amides is 2. The fourth-order valence-electron chi connectivity index (χ4n) is 3.34. The van der Waals surface area contributed by atoms with Crippen LogP contribution in [0.15, 0.2) is 64.4 Å². The Kier molecular flexibility index (Phi) is 7.64. The summed E-state index contributed by atoms with van der Waals surface area (Å²) in [4.78, 5) is 32.2. The van der Waals surface area contributed by atoms with E-state index in [1.165, 1.54) is 34.0 Å². The Morgan fingerprint density at radius 2 is 1.94 bits per heavy atom. The summed E-state index contributed by atoms with van der Waals surface area (Å²) in [6, 6.07) is 15.3. The highest BCUT2D eigenvalue weighted by Crippen LogP contribution is 2.23. The monoisotopic (exact) mass is 480 g/mol. The minimum Gasteiger partial charge on any atom is -0.497 e. The largest absolute Gasteiger partial charge is 0.497 e. The number of methoxy groups -OCH3 is 1. The van der Waals surface area contributed by atoms with E-state index < -0.39 is 0 Å². The molecule has 0 unspecified atom stereocenters. The number of carbonyl (C=O) groups excluding carboxylic acids is 2. The number of thiazole rings is 1. The van der Waals surface area contributed by atoms with Crippen molar-refractivity contribution < 1.29 is 14.3 Å². The Balaban J connectivity index is 1.18. The molecule has 2 amide bonds. The molecule has 3 N–H and O–H groups in total. The van der Waals surface area contributed by atoms with E-state index in [1.54, 1.807) is 31.4 Å². The maximum absolute atomic E-state index is 12.3. The van der Waals surface area contributed by atoms with Crippen LogP contribution in [0.4, 0.5) is 5.69 Å². The highest BCUT2D eigenvalue weighted by atomic mass is 32.2. The van der Waals surface area contributed by atoms with Gasteiger partial charge in [-0.25, -0.2) is 4.98 Å². The van der Waals surface area contributed by atoms with Gasteiger partial charge in [0.15, 0.2) is 4.34 Å². The summed E-state index contributed by atoms with van der Waals surface area (Å²) in [5, 5.41) is 8.85. The number of para-hydroxylation sites is 1. The molecule has 0 saturated carbocycles. The molecule has 2 aromatic carbocycles. The van der Waals surface area contributed by atoms with Gasteiger partial charge in [-0.15, -0.1) is 11.3 Å². The second kappa shape index (κ2) is 11.0. The lowest BCUT2D eigenvalue weighted by molar-refractivity contribution is -0.120. The zero-order valence-electron chi connectivity index (χ0n) is 18.1. The summed E-state index contributed by atoms with van der Waals surface area (Å²) >= 11 is 2.80. The Bertz CT molecular complexity index is 1230. The van der Waals surface area contributed by atoms with Gasteiger partial charge in [0.2, 0.25) is 11.8 Å². The molecule has 170 valence electrons. The molecule has 0 aliphatic rings. The first-order valence-electron chi connectivity index (χ1n) is 10.4. The Hall–Kier alpha value is -3.30. The zero-order chi connectivity index (χ0) is 23.0. The molecule has 0 aliphatic heterocycles. The molecule has 9 heteroatoms. The number of hydrogen-bond acceptors (Lipinski definition) is 6. The van der Waals surface area contributed by atoms with E-state index in [2.05, 4.69) is 26.7 Å². The second-order valence-electron chi connectivity index (χ2n) is 7.31. The van der Waals surface area contributed by atoms with Crippen LogP contribution in [0.3, 0.4) is 0 Å². The summed E-state index contributed by atoms with van der Waals surface area (Å²) in [6.45, 7) is 0.567. The van der Waals surface area contributed by atoms with Gasteiger partial charge in [0.05, 0.1) is 25.0 Å². The van der Waals surface area contributed by atoms with Crippen molar-refractivity contribution in [1.82, 2.24) is 15.3 Å². The first-order valence-corrected chi connectivity index (χ1v) is 12.3. The number of thioether (sulfide) groups is 1. The summed E-state index contributed by atoms with van der Waals surface area (Å²) in [5.74, 6) is 0.807. The fraction of sp³-hybridized carbons (Fsp3) is 0.208. The average Bonchev–Trinajstić information content (AvgIpc) is 3.45. The van der Waals surface area contributed by atoms with Crippen molar-refractivity contribution in [2.45, 2.75) is 17.2 Å². The van der Waals surface area contributed by atoms with E-state index in [9.17, 15) is 9.59 Å². The zero-order valence-corrected chi connectivity index (χ0v) is 19.7. The van der Waals surface area contributed by atoms with Crippen LogP contribution in [-0.4, -0.2) is 41.2 Å². The molecular formula is C24H24N4O3S2. The van der Waals surface area contributed by atoms with Crippen molar-refractivity contribution in [1.29, 1.82) is 0 Å². The van der Waals surface area contributed by atoms with Gasteiger partial charge < -0.3 is 20.4 Å². The maximum Gasteiger partial charge on any atom is 0.234 e. The molecule has 2 heterocycles. The molecule has 0 aliphatic carbocycles. The molecule has 4 rings (SSSR count). The van der Waals surface area contributed by atoms with Crippen LogP contribution < -0.4 is 15.4 Å². The van der Waals surface area contributed by atoms with Gasteiger partial charge in [-0.3, -0.25) is 9.59 Å². The number of benzene rings is 2. The molecule has 0 bridgehead atoms. The van der Waals surface area contributed by atoms with Gasteiger partial charge in [0, 0.05) is 34.7 Å². The summed E-state index contributed by atoms with van der Waals surface area (Å²) in [6.07, 6.45) is 2.98. The lowest BCUT2D eigenvalue weighted by Crippen LogP contribution is -2.27. The van der Waals surface area contributed by atoms with Gasteiger partial charge in [-0.2, -0.15) is 0 Å². The summed E-state index contributed by atoms with van der Waals surface area (Å²) in [7, 11) is 1.60. The smallest absolute Gasteiger partial charge is 0.234 e. The first-order chi connectivity index (χ1) is 16.1. The van der Waals surface area contributed by atoms with Crippen molar-refractivity contribution in [2.75, 3.05) is 24.7 Å². The molecule has 33 heavy (non-hydrogen) atoms. The molecule has 7 nitrogen and oxygen atoms in total. The van der Waals surface area contributed by atoms with Crippen LogP contribution >= 0.6 is 23.1 Å². The number of hydrogen-bond donors (Lipinski definition) is 3. The Morgan fingerprint density at radius 3 is 2.76 bits per heavy atom. The number of anilines is 1. The lowest BCUT2D eigenvalue weighted by Gasteiger charge is -2.05. The minimum atomic E-state index is -0.114. The first kappa shape index (κ1) is 22.9. The minimum absolute atomic E-state index is 0.0612. The summed E-state index contributed by atoms with van der Waals surface area (Å²) in [5.41, 5.74) is 3.71. The van der Waals surface area contributed by atoms with Gasteiger partial charge in [0.1, 0.15) is 5.75 Å². The highest BCUT2D eigenvalue weighted by Gasteiger charge is 2.11. The number of H-pyrrole nitrogens is 1. The van der Waals surface area contributed by atoms with E-state index in [0.717, 1.165) is 22.0 Å². The standard InChI is InChI=1S/C24H24N4O3S2/c1-31-19-8-6-17(7-9-19)27-23(30)15-33-24-28-18(14-32-24)12-22(29)25-11-10-16-13-26-21-5-3-2-4-20(16)21/h2-9,13-14,26H,10-12,15H2,1H3,(H,25,29)(H,27,30). The molecule has 0 fully saturated rings. The van der Waals surface area contributed by atoms with E-state index in [0.29, 0.717) is 17.9 Å². The van der Waals surface area contributed by atoms with Crippen molar-refractivity contribution in [3.05, 3.63) is 71.4 Å². The predicted octanol–water partition coefficient (Wildman–Crippen LogP) is 4.27. The Morgan fingerprint density at radius 1 is 1.12 bits per heavy atom. The fourth-order valence-corrected chi connectivity index (χ4v) is 4.98. The number of fused-ring (bicyclic) bond motifs is 1. The third-order valence-corrected chi connectivity index (χ3v) is 7.03. The number of nitrogens with zero attached hydrogens (tertiary/aromatic N) is 1. The normalized spacial score (nSPS) is 10.8. The third kappa shape index (κ3) is 6.36. The van der Waals surface area contributed by atoms with Gasteiger partial charge in [0.25, 0.3) is 0 Å². The van der Waals surface area contributed by atoms with E-state index >= 15 is 0 Å². The molecule has 0 saturated heterocycles. The lowest BCUT2D eigenvalue weighted by atomic mass is 10.1. The highest BCUT2D eigenvalue weighted by molar-refractivity contribution is 8.01. The van der Waals surface area contributed by atoms with Crippen LogP contribution in [0.5, 0.6) is 5.75 Å². The van der Waals surface area contributed by atoms with Crippen molar-refractivity contribution in [2.24, 2.45) is 0 Å². The summed E-state index contributed by atoms with van der Waals surface area (Å²) < 4.78 is 5.87. The number of aromatic amines is 1. The van der Waals surface area contributed by atoms with E-state index in [1.807, 2.05) is 29.8 Å². The molecule has 2 aromatic heterocycles. The average molecular weight is 481 g/mol. The van der Waals surface area contributed by atoms with Crippen LogP contribution in [0.25, 0.3) is 10.9 Å². The molecule has 0 spiro atoms. The van der Waals surface area contributed by atoms with Crippen LogP contribution in [0.2, 0.25) is 0 Å². The Labute approximate surface area is 200 Å². The predicted molar refractivity (Wildman–Crippen MR) is 133 cm³/mol. The molecule has 0 atom stereocenters. The number of carbonyl (C=O) groups is 2. The topological polar surface area (TPSA) is 96.1 Å². The second-order valence-corrected chi connectivity index (χ2v) is 9.39. The van der Waals surface area contributed by atoms with Gasteiger partial charge >= 0.3 is 0 Å². The van der Waals surface area contributed by atoms with Gasteiger partial charge in [-0.05, 0) is 42.3 Å². The van der Waals surface area contributed by atoms with Crippen LogP contribution in [0, 0.1) is 0 Å². The van der Waals surface area contributed by atoms with E-state index in [-0.39, 0.29) is 24.0 Å². The third-order valence-electron chi connectivity index (χ3n) is 4.96. The van der Waals surface area contributed by atoms with Crippen LogP contribution in [0.1, 0.15) is 11.3 Å². The number of nitrogens with one attached hydrogen (secondary N) is 3. The van der Waals surface area contributed by atoms with Crippen LogP contribution in [-0.2, 0) is 22.4 Å². The van der Waals surface area contributed by atoms with Crippen molar-refractivity contribution in [3.8, 4) is 5.75 Å². The van der Waals surface area contributed by atoms with Crippen molar-refractivity contribution >= 4 is 51.5 Å². The van der Waals surface area contributed by atoms with Gasteiger partial charge in [-0.1, -0.05) is 30.0 Å². The SMILES string of the molecule is COc1ccc(NC(=O)CSc2nc(CC(=O)NCCc3c[nH]c4ccccc34)cs2)cc1.